The number of aromatic amines is 1. The number of carbonyl (C=O) groups excluding carboxylic acids is 1. The van der Waals surface area contributed by atoms with Crippen LogP contribution in [0.2, 0.25) is 0 Å². The van der Waals surface area contributed by atoms with Crippen molar-refractivity contribution in [1.29, 1.82) is 0 Å². The van der Waals surface area contributed by atoms with Gasteiger partial charge in [-0.3, -0.25) is 9.59 Å². The first-order chi connectivity index (χ1) is 13.6. The average Bonchev–Trinajstić information content (AvgIpc) is 3.21. The van der Waals surface area contributed by atoms with Crippen LogP contribution in [0.1, 0.15) is 21.7 Å². The molecule has 0 fully saturated rings. The summed E-state index contributed by atoms with van der Waals surface area (Å²) in [6.45, 7) is 0.318. The van der Waals surface area contributed by atoms with Crippen LogP contribution in [0.3, 0.4) is 0 Å². The van der Waals surface area contributed by atoms with Gasteiger partial charge in [-0.15, -0.1) is 0 Å². The molecule has 2 heterocycles. The van der Waals surface area contributed by atoms with E-state index in [4.69, 9.17) is 4.42 Å². The number of halogens is 1. The van der Waals surface area contributed by atoms with E-state index < -0.39 is 5.82 Å². The highest BCUT2D eigenvalue weighted by Crippen LogP contribution is 2.17. The van der Waals surface area contributed by atoms with Crippen molar-refractivity contribution in [1.82, 2.24) is 9.88 Å². The second-order valence-corrected chi connectivity index (χ2v) is 6.46. The molecule has 0 aliphatic rings. The first-order valence-corrected chi connectivity index (χ1v) is 8.78. The van der Waals surface area contributed by atoms with Crippen molar-refractivity contribution in [2.45, 2.75) is 13.1 Å². The number of fused-ring (bicyclic) bond motifs is 1. The molecule has 0 saturated heterocycles. The fraction of sp³-hybridized carbons (Fsp3) is 0.0909. The molecule has 0 saturated carbocycles. The van der Waals surface area contributed by atoms with Crippen molar-refractivity contribution in [2.24, 2.45) is 0 Å². The maximum Gasteiger partial charge on any atom is 0.254 e. The lowest BCUT2D eigenvalue weighted by atomic mass is 10.1. The zero-order valence-electron chi connectivity index (χ0n) is 14.9. The molecule has 4 aromatic rings. The third-order valence-electron chi connectivity index (χ3n) is 4.48. The summed E-state index contributed by atoms with van der Waals surface area (Å²) in [7, 11) is 0. The minimum Gasteiger partial charge on any atom is -0.467 e. The maximum absolute atomic E-state index is 13.4. The third kappa shape index (κ3) is 3.71. The molecular weight excluding hydrogens is 359 g/mol. The Labute approximate surface area is 160 Å². The Morgan fingerprint density at radius 3 is 2.57 bits per heavy atom. The van der Waals surface area contributed by atoms with Gasteiger partial charge in [-0.05, 0) is 53.9 Å². The second-order valence-electron chi connectivity index (χ2n) is 6.46. The summed E-state index contributed by atoms with van der Waals surface area (Å²) < 4.78 is 18.8. The SMILES string of the molecule is O=C(c1ccccc1)N(Cc1ccco1)Cc1cc2ccc(F)cc2[nH]c1=O. The highest BCUT2D eigenvalue weighted by atomic mass is 19.1. The number of furan rings is 1. The second kappa shape index (κ2) is 7.52. The summed E-state index contributed by atoms with van der Waals surface area (Å²) in [4.78, 5) is 29.8. The van der Waals surface area contributed by atoms with Crippen LogP contribution >= 0.6 is 0 Å². The zero-order valence-corrected chi connectivity index (χ0v) is 14.9. The average molecular weight is 376 g/mol. The predicted molar refractivity (Wildman–Crippen MR) is 103 cm³/mol. The van der Waals surface area contributed by atoms with Gasteiger partial charge in [0.25, 0.3) is 11.5 Å². The first kappa shape index (κ1) is 17.7. The highest BCUT2D eigenvalue weighted by molar-refractivity contribution is 5.94. The molecule has 0 radical (unpaired) electrons. The molecule has 2 aromatic carbocycles. The van der Waals surface area contributed by atoms with Crippen LogP contribution in [0.5, 0.6) is 0 Å². The van der Waals surface area contributed by atoms with Gasteiger partial charge in [-0.25, -0.2) is 4.39 Å². The highest BCUT2D eigenvalue weighted by Gasteiger charge is 2.19. The lowest BCUT2D eigenvalue weighted by Gasteiger charge is -2.22. The molecule has 0 unspecified atom stereocenters. The summed E-state index contributed by atoms with van der Waals surface area (Å²) in [5.41, 5.74) is 0.993. The maximum atomic E-state index is 13.4. The predicted octanol–water partition coefficient (Wildman–Crippen LogP) is 4.10. The molecule has 5 nitrogen and oxygen atoms in total. The number of nitrogens with one attached hydrogen (secondary N) is 1. The number of nitrogens with zero attached hydrogens (tertiary/aromatic N) is 1. The van der Waals surface area contributed by atoms with Crippen molar-refractivity contribution >= 4 is 16.8 Å². The summed E-state index contributed by atoms with van der Waals surface area (Å²) in [5.74, 6) is -0.0197. The van der Waals surface area contributed by atoms with E-state index in [1.54, 1.807) is 53.4 Å². The molecule has 2 aromatic heterocycles. The molecule has 1 amide bonds. The monoisotopic (exact) mass is 376 g/mol. The molecular formula is C22H17FN2O3. The van der Waals surface area contributed by atoms with Crippen LogP contribution in [0.4, 0.5) is 4.39 Å². The molecule has 0 spiro atoms. The summed E-state index contributed by atoms with van der Waals surface area (Å²) in [5, 5.41) is 0.695. The van der Waals surface area contributed by atoms with E-state index in [0.29, 0.717) is 27.8 Å². The van der Waals surface area contributed by atoms with Crippen LogP contribution < -0.4 is 5.56 Å². The topological polar surface area (TPSA) is 66.3 Å². The molecule has 0 bridgehead atoms. The van der Waals surface area contributed by atoms with E-state index in [2.05, 4.69) is 4.98 Å². The number of rotatable bonds is 5. The standard InChI is InChI=1S/C22H17FN2O3/c23-18-9-8-16-11-17(21(26)24-20(16)12-18)13-25(14-19-7-4-10-28-19)22(27)15-5-2-1-3-6-15/h1-12H,13-14H2,(H,24,26). The van der Waals surface area contributed by atoms with Gasteiger partial charge < -0.3 is 14.3 Å². The Kier molecular flexibility index (Phi) is 4.76. The van der Waals surface area contributed by atoms with E-state index in [1.807, 2.05) is 6.07 Å². The van der Waals surface area contributed by atoms with Crippen LogP contribution in [-0.2, 0) is 13.1 Å². The Morgan fingerprint density at radius 1 is 1.00 bits per heavy atom. The number of aromatic nitrogens is 1. The summed E-state index contributed by atoms with van der Waals surface area (Å²) in [6, 6.07) is 18.3. The van der Waals surface area contributed by atoms with Gasteiger partial charge in [0.05, 0.1) is 24.9 Å². The van der Waals surface area contributed by atoms with Gasteiger partial charge in [0.1, 0.15) is 11.6 Å². The molecule has 0 aliphatic carbocycles. The molecule has 1 N–H and O–H groups in total. The van der Waals surface area contributed by atoms with Crippen LogP contribution in [0, 0.1) is 5.82 Å². The van der Waals surface area contributed by atoms with Gasteiger partial charge in [-0.2, -0.15) is 0 Å². The van der Waals surface area contributed by atoms with Crippen molar-refractivity contribution in [3.05, 3.63) is 106 Å². The molecule has 0 aliphatic heterocycles. The van der Waals surface area contributed by atoms with Crippen molar-refractivity contribution < 1.29 is 13.6 Å². The number of hydrogen-bond donors (Lipinski definition) is 1. The molecule has 140 valence electrons. The van der Waals surface area contributed by atoms with Crippen molar-refractivity contribution in [3.8, 4) is 0 Å². The van der Waals surface area contributed by atoms with Gasteiger partial charge >= 0.3 is 0 Å². The Hall–Kier alpha value is -3.67. The number of pyridine rings is 1. The lowest BCUT2D eigenvalue weighted by molar-refractivity contribution is 0.0717. The molecule has 6 heteroatoms. The van der Waals surface area contributed by atoms with Gasteiger partial charge in [0.2, 0.25) is 0 Å². The minimum atomic E-state index is -0.422. The Balaban J connectivity index is 1.70. The fourth-order valence-electron chi connectivity index (χ4n) is 3.10. The number of amides is 1. The van der Waals surface area contributed by atoms with E-state index >= 15 is 0 Å². The van der Waals surface area contributed by atoms with E-state index in [0.717, 1.165) is 0 Å². The number of hydrogen-bond acceptors (Lipinski definition) is 3. The smallest absolute Gasteiger partial charge is 0.254 e. The molecule has 28 heavy (non-hydrogen) atoms. The zero-order chi connectivity index (χ0) is 19.5. The van der Waals surface area contributed by atoms with Crippen molar-refractivity contribution in [2.75, 3.05) is 0 Å². The number of benzene rings is 2. The number of H-pyrrole nitrogens is 1. The van der Waals surface area contributed by atoms with Crippen LogP contribution in [0.15, 0.2) is 82.2 Å². The fourth-order valence-corrected chi connectivity index (χ4v) is 3.10. The van der Waals surface area contributed by atoms with Crippen molar-refractivity contribution in [3.63, 3.8) is 0 Å². The Bertz CT molecular complexity index is 1170. The first-order valence-electron chi connectivity index (χ1n) is 8.78. The summed E-state index contributed by atoms with van der Waals surface area (Å²) >= 11 is 0. The molecule has 4 rings (SSSR count). The van der Waals surface area contributed by atoms with E-state index in [1.165, 1.54) is 18.4 Å². The van der Waals surface area contributed by atoms with Crippen LogP contribution in [0.25, 0.3) is 10.9 Å². The Morgan fingerprint density at radius 2 is 1.82 bits per heavy atom. The third-order valence-corrected chi connectivity index (χ3v) is 4.48. The lowest BCUT2D eigenvalue weighted by Crippen LogP contribution is -2.32. The number of carbonyl (C=O) groups is 1. The quantitative estimate of drug-likeness (QED) is 0.570. The molecule has 0 atom stereocenters. The summed E-state index contributed by atoms with van der Waals surface area (Å²) in [6.07, 6.45) is 1.54. The minimum absolute atomic E-state index is 0.0943. The van der Waals surface area contributed by atoms with Crippen LogP contribution in [-0.4, -0.2) is 15.8 Å². The van der Waals surface area contributed by atoms with E-state index in [-0.39, 0.29) is 24.6 Å². The largest absolute Gasteiger partial charge is 0.467 e. The van der Waals surface area contributed by atoms with Gasteiger partial charge in [-0.1, -0.05) is 18.2 Å². The van der Waals surface area contributed by atoms with E-state index in [9.17, 15) is 14.0 Å². The normalized spacial score (nSPS) is 10.9. The van der Waals surface area contributed by atoms with Gasteiger partial charge in [0.15, 0.2) is 0 Å². The van der Waals surface area contributed by atoms with Gasteiger partial charge in [0, 0.05) is 11.1 Å².